The number of esters is 1. The normalized spacial score (nSPS) is 9.75. The summed E-state index contributed by atoms with van der Waals surface area (Å²) in [5, 5.41) is 9.04. The number of hydrogen-bond acceptors (Lipinski definition) is 5. The second-order valence-electron chi connectivity index (χ2n) is 2.93. The zero-order chi connectivity index (χ0) is 11.8. The van der Waals surface area contributed by atoms with Gasteiger partial charge in [0.1, 0.15) is 5.69 Å². The Morgan fingerprint density at radius 3 is 3.25 bits per heavy atom. The van der Waals surface area contributed by atoms with Crippen molar-refractivity contribution < 1.29 is 9.53 Å². The third-order valence-corrected chi connectivity index (χ3v) is 2.69. The molecular formula is C10H13N3O2S. The molecule has 0 aliphatic carbocycles. The van der Waals surface area contributed by atoms with Crippen molar-refractivity contribution in [3.63, 3.8) is 0 Å². The lowest BCUT2D eigenvalue weighted by molar-refractivity contribution is 0.0519. The number of nitriles is 1. The minimum absolute atomic E-state index is 0.350. The number of carbonyl (C=O) groups is 1. The molecule has 5 nitrogen and oxygen atoms in total. The monoisotopic (exact) mass is 239 g/mol. The maximum atomic E-state index is 11.3. The first-order chi connectivity index (χ1) is 7.77. The molecule has 0 aromatic carbocycles. The zero-order valence-corrected chi connectivity index (χ0v) is 9.84. The maximum absolute atomic E-state index is 11.3. The molecule has 0 atom stereocenters. The summed E-state index contributed by atoms with van der Waals surface area (Å²) < 4.78 is 4.82. The summed E-state index contributed by atoms with van der Waals surface area (Å²) in [6.45, 7) is 2.11. The van der Waals surface area contributed by atoms with Crippen LogP contribution in [0.4, 0.5) is 0 Å². The number of rotatable bonds is 6. The van der Waals surface area contributed by atoms with Crippen LogP contribution < -0.4 is 0 Å². The fraction of sp³-hybridized carbons (Fsp3) is 0.500. The van der Waals surface area contributed by atoms with E-state index < -0.39 is 0 Å². The summed E-state index contributed by atoms with van der Waals surface area (Å²) in [5.41, 5.74) is 0.365. The molecule has 0 amide bonds. The Hall–Kier alpha value is -1.48. The highest BCUT2D eigenvalue weighted by Crippen LogP contribution is 2.15. The van der Waals surface area contributed by atoms with Crippen molar-refractivity contribution >= 4 is 17.7 Å². The molecule has 1 aromatic heterocycles. The van der Waals surface area contributed by atoms with E-state index in [9.17, 15) is 4.79 Å². The topological polar surface area (TPSA) is 78.8 Å². The Bertz CT molecular complexity index is 384. The lowest BCUT2D eigenvalue weighted by Crippen LogP contribution is -2.04. The Labute approximate surface area is 98.2 Å². The first kappa shape index (κ1) is 12.6. The fourth-order valence-electron chi connectivity index (χ4n) is 1.01. The average molecular weight is 239 g/mol. The van der Waals surface area contributed by atoms with Crippen LogP contribution in [-0.4, -0.2) is 28.3 Å². The second-order valence-corrected chi connectivity index (χ2v) is 4.02. The average Bonchev–Trinajstić information content (AvgIpc) is 2.73. The van der Waals surface area contributed by atoms with Gasteiger partial charge in [-0.15, -0.1) is 0 Å². The smallest absolute Gasteiger partial charge is 0.356 e. The molecule has 1 N–H and O–H groups in total. The molecule has 0 bridgehead atoms. The third-order valence-electron chi connectivity index (χ3n) is 1.72. The standard InChI is InChI=1S/C10H13N3O2S/c1-2-15-9(14)8-7-12-10(13-8)16-6-4-3-5-11/h7H,2-4,6H2,1H3,(H,12,13). The number of aromatic amines is 1. The third kappa shape index (κ3) is 3.95. The van der Waals surface area contributed by atoms with Crippen molar-refractivity contribution in [2.75, 3.05) is 12.4 Å². The Morgan fingerprint density at radius 2 is 2.56 bits per heavy atom. The number of nitrogens with one attached hydrogen (secondary N) is 1. The van der Waals surface area contributed by atoms with Crippen LogP contribution in [0.1, 0.15) is 30.3 Å². The lowest BCUT2D eigenvalue weighted by Gasteiger charge is -1.97. The molecule has 0 saturated heterocycles. The predicted molar refractivity (Wildman–Crippen MR) is 60.1 cm³/mol. The number of ether oxygens (including phenoxy) is 1. The molecule has 1 heterocycles. The summed E-state index contributed by atoms with van der Waals surface area (Å²) in [6, 6.07) is 2.08. The first-order valence-electron chi connectivity index (χ1n) is 4.99. The molecular weight excluding hydrogens is 226 g/mol. The van der Waals surface area contributed by atoms with Gasteiger partial charge in [0.2, 0.25) is 0 Å². The first-order valence-corrected chi connectivity index (χ1v) is 5.98. The van der Waals surface area contributed by atoms with Crippen molar-refractivity contribution in [1.29, 1.82) is 5.26 Å². The largest absolute Gasteiger partial charge is 0.461 e. The number of nitrogens with zero attached hydrogens (tertiary/aromatic N) is 2. The molecule has 0 unspecified atom stereocenters. The Balaban J connectivity index is 2.39. The van der Waals surface area contributed by atoms with Gasteiger partial charge in [-0.25, -0.2) is 9.78 Å². The number of imidazole rings is 1. The highest BCUT2D eigenvalue weighted by molar-refractivity contribution is 7.99. The molecule has 0 saturated carbocycles. The van der Waals surface area contributed by atoms with Gasteiger partial charge in [-0.3, -0.25) is 0 Å². The number of thioether (sulfide) groups is 1. The van der Waals surface area contributed by atoms with E-state index in [1.165, 1.54) is 18.0 Å². The van der Waals surface area contributed by atoms with E-state index in [4.69, 9.17) is 10.00 Å². The molecule has 86 valence electrons. The quantitative estimate of drug-likeness (QED) is 0.466. The van der Waals surface area contributed by atoms with Crippen molar-refractivity contribution in [3.8, 4) is 6.07 Å². The van der Waals surface area contributed by atoms with Gasteiger partial charge in [0.25, 0.3) is 0 Å². The molecule has 0 spiro atoms. The number of H-pyrrole nitrogens is 1. The van der Waals surface area contributed by atoms with Crippen LogP contribution in [0, 0.1) is 11.3 Å². The van der Waals surface area contributed by atoms with Crippen LogP contribution in [0.25, 0.3) is 0 Å². The second kappa shape index (κ2) is 6.90. The van der Waals surface area contributed by atoms with Crippen LogP contribution in [-0.2, 0) is 4.74 Å². The van der Waals surface area contributed by atoms with E-state index in [0.29, 0.717) is 23.9 Å². The summed E-state index contributed by atoms with van der Waals surface area (Å²) in [5.74, 6) is 0.419. The van der Waals surface area contributed by atoms with Crippen LogP contribution in [0.2, 0.25) is 0 Å². The van der Waals surface area contributed by atoms with Gasteiger partial charge in [-0.05, 0) is 13.3 Å². The van der Waals surface area contributed by atoms with Crippen LogP contribution >= 0.6 is 11.8 Å². The highest BCUT2D eigenvalue weighted by Gasteiger charge is 2.09. The van der Waals surface area contributed by atoms with E-state index in [2.05, 4.69) is 16.0 Å². The number of carbonyl (C=O) groups excluding carboxylic acids is 1. The van der Waals surface area contributed by atoms with Crippen molar-refractivity contribution in [1.82, 2.24) is 9.97 Å². The molecule has 0 radical (unpaired) electrons. The maximum Gasteiger partial charge on any atom is 0.356 e. The number of aromatic nitrogens is 2. The van der Waals surface area contributed by atoms with E-state index in [1.807, 2.05) is 0 Å². The summed E-state index contributed by atoms with van der Waals surface area (Å²) in [4.78, 5) is 18.2. The molecule has 6 heteroatoms. The van der Waals surface area contributed by atoms with Crippen LogP contribution in [0.5, 0.6) is 0 Å². The SMILES string of the molecule is CCOC(=O)c1cnc(SCCCC#N)[nH]1. The predicted octanol–water partition coefficient (Wildman–Crippen LogP) is 1.98. The van der Waals surface area contributed by atoms with Gasteiger partial charge < -0.3 is 9.72 Å². The van der Waals surface area contributed by atoms with Gasteiger partial charge in [-0.2, -0.15) is 5.26 Å². The summed E-state index contributed by atoms with van der Waals surface area (Å²) in [7, 11) is 0. The molecule has 16 heavy (non-hydrogen) atoms. The zero-order valence-electron chi connectivity index (χ0n) is 9.02. The Kier molecular flexibility index (Phi) is 5.43. The van der Waals surface area contributed by atoms with E-state index in [0.717, 1.165) is 12.2 Å². The summed E-state index contributed by atoms with van der Waals surface area (Å²) in [6.07, 6.45) is 2.82. The van der Waals surface area contributed by atoms with E-state index >= 15 is 0 Å². The number of hydrogen-bond donors (Lipinski definition) is 1. The molecule has 0 aliphatic rings. The lowest BCUT2D eigenvalue weighted by atomic mass is 10.4. The van der Waals surface area contributed by atoms with Crippen molar-refractivity contribution in [3.05, 3.63) is 11.9 Å². The summed E-state index contributed by atoms with van der Waals surface area (Å²) >= 11 is 1.49. The minimum Gasteiger partial charge on any atom is -0.461 e. The fourth-order valence-corrected chi connectivity index (χ4v) is 1.80. The van der Waals surface area contributed by atoms with Gasteiger partial charge in [-0.1, -0.05) is 11.8 Å². The number of unbranched alkanes of at least 4 members (excludes halogenated alkanes) is 1. The van der Waals surface area contributed by atoms with Crippen LogP contribution in [0.3, 0.4) is 0 Å². The highest BCUT2D eigenvalue weighted by atomic mass is 32.2. The van der Waals surface area contributed by atoms with Gasteiger partial charge >= 0.3 is 5.97 Å². The van der Waals surface area contributed by atoms with Gasteiger partial charge in [0.05, 0.1) is 18.9 Å². The molecule has 1 rings (SSSR count). The molecule has 0 aliphatic heterocycles. The van der Waals surface area contributed by atoms with Crippen LogP contribution in [0.15, 0.2) is 11.4 Å². The Morgan fingerprint density at radius 1 is 1.75 bits per heavy atom. The van der Waals surface area contributed by atoms with Crippen molar-refractivity contribution in [2.24, 2.45) is 0 Å². The van der Waals surface area contributed by atoms with Crippen molar-refractivity contribution in [2.45, 2.75) is 24.9 Å². The van der Waals surface area contributed by atoms with Gasteiger partial charge in [0.15, 0.2) is 5.16 Å². The van der Waals surface area contributed by atoms with E-state index in [-0.39, 0.29) is 5.97 Å². The van der Waals surface area contributed by atoms with E-state index in [1.54, 1.807) is 6.92 Å². The van der Waals surface area contributed by atoms with Gasteiger partial charge in [0, 0.05) is 12.2 Å². The molecule has 0 fully saturated rings. The minimum atomic E-state index is -0.390. The molecule has 1 aromatic rings.